The van der Waals surface area contributed by atoms with Crippen LogP contribution in [-0.4, -0.2) is 36.1 Å². The molecular weight excluding hydrogens is 255 g/mol. The van der Waals surface area contributed by atoms with E-state index in [1.807, 2.05) is 12.1 Å². The average molecular weight is 272 g/mol. The number of aromatic nitrogens is 2. The number of halogens is 1. The van der Waals surface area contributed by atoms with E-state index in [-0.39, 0.29) is 5.82 Å². The van der Waals surface area contributed by atoms with E-state index in [1.165, 1.54) is 6.07 Å². The zero-order chi connectivity index (χ0) is 13.9. The van der Waals surface area contributed by atoms with Gasteiger partial charge in [0.2, 0.25) is 5.95 Å². The summed E-state index contributed by atoms with van der Waals surface area (Å²) in [6.45, 7) is 5.42. The maximum atomic E-state index is 13.7. The minimum absolute atomic E-state index is 0.204. The van der Waals surface area contributed by atoms with Gasteiger partial charge < -0.3 is 10.2 Å². The first-order chi connectivity index (χ1) is 9.74. The highest BCUT2D eigenvalue weighted by molar-refractivity contribution is 5.60. The van der Waals surface area contributed by atoms with E-state index in [4.69, 9.17) is 0 Å². The molecule has 2 heterocycles. The third-order valence-electron chi connectivity index (χ3n) is 3.51. The molecule has 5 heteroatoms. The lowest BCUT2D eigenvalue weighted by atomic mass is 10.1. The van der Waals surface area contributed by atoms with Crippen molar-refractivity contribution in [2.24, 2.45) is 0 Å². The Hall–Kier alpha value is -2.01. The summed E-state index contributed by atoms with van der Waals surface area (Å²) in [5.74, 6) is 0.509. The highest BCUT2D eigenvalue weighted by Gasteiger charge is 2.13. The Bertz CT molecular complexity index is 609. The Labute approximate surface area is 117 Å². The van der Waals surface area contributed by atoms with E-state index >= 15 is 0 Å². The molecule has 3 rings (SSSR count). The normalized spacial score (nSPS) is 15.4. The Morgan fingerprint density at radius 3 is 2.75 bits per heavy atom. The minimum atomic E-state index is -0.204. The van der Waals surface area contributed by atoms with E-state index in [2.05, 4.69) is 20.2 Å². The van der Waals surface area contributed by atoms with Crippen LogP contribution >= 0.6 is 0 Å². The summed E-state index contributed by atoms with van der Waals surface area (Å²) in [5.41, 5.74) is 2.18. The van der Waals surface area contributed by atoms with Gasteiger partial charge in [-0.15, -0.1) is 0 Å². The van der Waals surface area contributed by atoms with Crippen molar-refractivity contribution in [1.29, 1.82) is 0 Å². The van der Waals surface area contributed by atoms with Crippen LogP contribution in [0.25, 0.3) is 11.3 Å². The van der Waals surface area contributed by atoms with Crippen LogP contribution in [0.1, 0.15) is 5.56 Å². The van der Waals surface area contributed by atoms with Gasteiger partial charge in [0.15, 0.2) is 0 Å². The van der Waals surface area contributed by atoms with Crippen LogP contribution in [0.5, 0.6) is 0 Å². The zero-order valence-corrected chi connectivity index (χ0v) is 11.4. The van der Waals surface area contributed by atoms with Crippen LogP contribution in [0.3, 0.4) is 0 Å². The molecule has 0 amide bonds. The van der Waals surface area contributed by atoms with Crippen LogP contribution in [-0.2, 0) is 0 Å². The van der Waals surface area contributed by atoms with Gasteiger partial charge in [-0.3, -0.25) is 0 Å². The molecule has 0 spiro atoms. The van der Waals surface area contributed by atoms with Crippen LogP contribution in [0, 0.1) is 12.7 Å². The predicted octanol–water partition coefficient (Wildman–Crippen LogP) is 2.00. The number of rotatable bonds is 2. The maximum absolute atomic E-state index is 13.7. The van der Waals surface area contributed by atoms with Gasteiger partial charge in [0.05, 0.1) is 5.69 Å². The molecule has 1 N–H and O–H groups in total. The Balaban J connectivity index is 1.91. The van der Waals surface area contributed by atoms with Gasteiger partial charge in [0.25, 0.3) is 0 Å². The molecule has 104 valence electrons. The van der Waals surface area contributed by atoms with E-state index in [1.54, 1.807) is 19.2 Å². The first kappa shape index (κ1) is 13.0. The number of benzene rings is 1. The van der Waals surface area contributed by atoms with Gasteiger partial charge in [-0.05, 0) is 24.6 Å². The lowest BCUT2D eigenvalue weighted by molar-refractivity contribution is 0.580. The van der Waals surface area contributed by atoms with Gasteiger partial charge in [-0.25, -0.2) is 14.4 Å². The molecule has 0 unspecified atom stereocenters. The molecule has 1 fully saturated rings. The van der Waals surface area contributed by atoms with Gasteiger partial charge in [-0.1, -0.05) is 12.1 Å². The molecule has 1 aromatic carbocycles. The van der Waals surface area contributed by atoms with Crippen molar-refractivity contribution in [3.63, 3.8) is 0 Å². The topological polar surface area (TPSA) is 41.1 Å². The fourth-order valence-electron chi connectivity index (χ4n) is 2.28. The molecule has 2 aromatic rings. The number of nitrogens with zero attached hydrogens (tertiary/aromatic N) is 3. The van der Waals surface area contributed by atoms with Gasteiger partial charge in [0, 0.05) is 37.9 Å². The first-order valence-electron chi connectivity index (χ1n) is 6.79. The molecular formula is C15H17FN4. The molecule has 0 radical (unpaired) electrons. The van der Waals surface area contributed by atoms with Crippen LogP contribution in [0.2, 0.25) is 0 Å². The predicted molar refractivity (Wildman–Crippen MR) is 77.2 cm³/mol. The number of anilines is 1. The van der Waals surface area contributed by atoms with Crippen molar-refractivity contribution in [2.75, 3.05) is 31.1 Å². The number of piperazine rings is 1. The van der Waals surface area contributed by atoms with Crippen molar-refractivity contribution in [3.8, 4) is 11.3 Å². The summed E-state index contributed by atoms with van der Waals surface area (Å²) >= 11 is 0. The minimum Gasteiger partial charge on any atom is -0.338 e. The standard InChI is InChI=1S/C15H17FN4/c1-11-2-3-12(10-13(11)16)14-4-5-18-15(19-14)20-8-6-17-7-9-20/h2-5,10,17H,6-9H2,1H3. The van der Waals surface area contributed by atoms with E-state index in [0.29, 0.717) is 11.5 Å². The van der Waals surface area contributed by atoms with Crippen molar-refractivity contribution in [2.45, 2.75) is 6.92 Å². The number of hydrogen-bond acceptors (Lipinski definition) is 4. The molecule has 0 aliphatic carbocycles. The molecule has 1 aliphatic rings. The summed E-state index contributed by atoms with van der Waals surface area (Å²) in [5, 5.41) is 3.30. The fraction of sp³-hybridized carbons (Fsp3) is 0.333. The summed E-state index contributed by atoms with van der Waals surface area (Å²) in [6.07, 6.45) is 1.73. The number of aryl methyl sites for hydroxylation is 1. The molecule has 1 saturated heterocycles. The van der Waals surface area contributed by atoms with Crippen LogP contribution in [0.15, 0.2) is 30.5 Å². The maximum Gasteiger partial charge on any atom is 0.225 e. The van der Waals surface area contributed by atoms with E-state index in [0.717, 1.165) is 37.4 Å². The van der Waals surface area contributed by atoms with Crippen molar-refractivity contribution in [1.82, 2.24) is 15.3 Å². The average Bonchev–Trinajstić information content (AvgIpc) is 2.51. The summed E-state index contributed by atoms with van der Waals surface area (Å²) in [7, 11) is 0. The quantitative estimate of drug-likeness (QED) is 0.908. The lowest BCUT2D eigenvalue weighted by Gasteiger charge is -2.27. The molecule has 0 atom stereocenters. The van der Waals surface area contributed by atoms with E-state index < -0.39 is 0 Å². The van der Waals surface area contributed by atoms with Crippen LogP contribution < -0.4 is 10.2 Å². The molecule has 4 nitrogen and oxygen atoms in total. The second-order valence-corrected chi connectivity index (χ2v) is 4.94. The zero-order valence-electron chi connectivity index (χ0n) is 11.4. The number of hydrogen-bond donors (Lipinski definition) is 1. The number of nitrogens with one attached hydrogen (secondary N) is 1. The van der Waals surface area contributed by atoms with Crippen molar-refractivity contribution >= 4 is 5.95 Å². The third-order valence-corrected chi connectivity index (χ3v) is 3.51. The highest BCUT2D eigenvalue weighted by Crippen LogP contribution is 2.21. The summed E-state index contributed by atoms with van der Waals surface area (Å²) < 4.78 is 13.7. The second-order valence-electron chi connectivity index (χ2n) is 4.94. The molecule has 1 aliphatic heterocycles. The molecule has 0 saturated carbocycles. The van der Waals surface area contributed by atoms with Gasteiger partial charge in [-0.2, -0.15) is 0 Å². The SMILES string of the molecule is Cc1ccc(-c2ccnc(N3CCNCC3)n2)cc1F. The Morgan fingerprint density at radius 2 is 2.00 bits per heavy atom. The first-order valence-corrected chi connectivity index (χ1v) is 6.79. The Kier molecular flexibility index (Phi) is 3.60. The third kappa shape index (κ3) is 2.63. The van der Waals surface area contributed by atoms with Crippen molar-refractivity contribution in [3.05, 3.63) is 41.8 Å². The second kappa shape index (κ2) is 5.54. The van der Waals surface area contributed by atoms with E-state index in [9.17, 15) is 4.39 Å². The summed E-state index contributed by atoms with van der Waals surface area (Å²) in [6, 6.07) is 7.01. The van der Waals surface area contributed by atoms with Crippen LogP contribution in [0.4, 0.5) is 10.3 Å². The molecule has 0 bridgehead atoms. The van der Waals surface area contributed by atoms with Gasteiger partial charge in [0.1, 0.15) is 5.82 Å². The molecule has 1 aromatic heterocycles. The summed E-state index contributed by atoms with van der Waals surface area (Å²) in [4.78, 5) is 11.0. The highest BCUT2D eigenvalue weighted by atomic mass is 19.1. The monoisotopic (exact) mass is 272 g/mol. The van der Waals surface area contributed by atoms with Gasteiger partial charge >= 0.3 is 0 Å². The lowest BCUT2D eigenvalue weighted by Crippen LogP contribution is -2.44. The van der Waals surface area contributed by atoms with Crippen molar-refractivity contribution < 1.29 is 4.39 Å². The molecule has 20 heavy (non-hydrogen) atoms. The largest absolute Gasteiger partial charge is 0.338 e. The Morgan fingerprint density at radius 1 is 1.20 bits per heavy atom. The fourth-order valence-corrected chi connectivity index (χ4v) is 2.28. The smallest absolute Gasteiger partial charge is 0.225 e.